The molecule has 0 spiro atoms. The molecule has 2 aliphatic heterocycles. The quantitative estimate of drug-likeness (QED) is 0.777. The molecule has 0 saturated carbocycles. The van der Waals surface area contributed by atoms with Gasteiger partial charge in [0.2, 0.25) is 0 Å². The Bertz CT molecular complexity index is 773. The highest BCUT2D eigenvalue weighted by Gasteiger charge is 2.56. The number of imidazole rings is 1. The summed E-state index contributed by atoms with van der Waals surface area (Å²) in [6, 6.07) is 0. The summed E-state index contributed by atoms with van der Waals surface area (Å²) in [4.78, 5) is 4.60. The van der Waals surface area contributed by atoms with Gasteiger partial charge in [-0.25, -0.2) is 9.13 Å². The largest absolute Gasteiger partial charge is 0.290 e. The Morgan fingerprint density at radius 1 is 1.23 bits per heavy atom. The van der Waals surface area contributed by atoms with Crippen LogP contribution in [0.15, 0.2) is 18.6 Å². The zero-order valence-corrected chi connectivity index (χ0v) is 14.4. The third-order valence-electron chi connectivity index (χ3n) is 6.79. The van der Waals surface area contributed by atoms with Gasteiger partial charge in [-0.05, 0) is 30.9 Å². The second kappa shape index (κ2) is 4.21. The molecule has 3 nitrogen and oxygen atoms in total. The lowest BCUT2D eigenvalue weighted by atomic mass is 9.61. The Morgan fingerprint density at radius 2 is 2.00 bits per heavy atom. The normalized spacial score (nSPS) is 28.6. The maximum atomic E-state index is 4.60. The summed E-state index contributed by atoms with van der Waals surface area (Å²) in [6.45, 7) is 12.8. The van der Waals surface area contributed by atoms with Crippen molar-refractivity contribution in [2.24, 2.45) is 0 Å². The predicted molar refractivity (Wildman–Crippen MR) is 87.9 cm³/mol. The maximum Gasteiger partial charge on any atom is 0.290 e. The van der Waals surface area contributed by atoms with Crippen LogP contribution < -0.4 is 4.57 Å². The average Bonchev–Trinajstić information content (AvgIpc) is 2.89. The van der Waals surface area contributed by atoms with E-state index >= 15 is 0 Å². The van der Waals surface area contributed by atoms with Crippen molar-refractivity contribution in [3.8, 4) is 11.4 Å². The Balaban J connectivity index is 2.18. The molecule has 2 atom stereocenters. The van der Waals surface area contributed by atoms with Crippen LogP contribution in [0, 0.1) is 6.92 Å². The van der Waals surface area contributed by atoms with Gasteiger partial charge >= 0.3 is 0 Å². The molecule has 0 radical (unpaired) electrons. The van der Waals surface area contributed by atoms with Crippen LogP contribution in [-0.2, 0) is 23.9 Å². The van der Waals surface area contributed by atoms with Crippen LogP contribution in [0.5, 0.6) is 0 Å². The van der Waals surface area contributed by atoms with E-state index < -0.39 is 0 Å². The molecule has 116 valence electrons. The first-order valence-electron chi connectivity index (χ1n) is 8.58. The SMILES string of the molecule is CCC1(C)c2cncc3c2-c2n(c(C)c[n+]2C1(C)CC)CC3. The summed E-state index contributed by atoms with van der Waals surface area (Å²) in [5.74, 6) is 1.41. The van der Waals surface area contributed by atoms with Crippen molar-refractivity contribution in [2.75, 3.05) is 0 Å². The van der Waals surface area contributed by atoms with Crippen LogP contribution in [0.4, 0.5) is 0 Å². The maximum absolute atomic E-state index is 4.60. The molecule has 4 rings (SSSR count). The fourth-order valence-corrected chi connectivity index (χ4v) is 4.82. The smallest absolute Gasteiger partial charge is 0.264 e. The number of aryl methyl sites for hydroxylation is 2. The standard InChI is InChI=1S/C19H26N3/c1-6-18(4)15-11-20-10-14-8-9-21-13(3)12-22(17(21)16(14)15)19(18,5)7-2/h10-12H,6-9H2,1-5H3/q+1. The first-order valence-corrected chi connectivity index (χ1v) is 8.58. The van der Waals surface area contributed by atoms with Crippen molar-refractivity contribution in [3.63, 3.8) is 0 Å². The molecule has 0 aromatic carbocycles. The molecule has 22 heavy (non-hydrogen) atoms. The van der Waals surface area contributed by atoms with Gasteiger partial charge in [0.25, 0.3) is 5.82 Å². The first kappa shape index (κ1) is 14.0. The van der Waals surface area contributed by atoms with Crippen molar-refractivity contribution in [3.05, 3.63) is 35.4 Å². The summed E-state index contributed by atoms with van der Waals surface area (Å²) in [5, 5.41) is 0. The Morgan fingerprint density at radius 3 is 2.68 bits per heavy atom. The Kier molecular flexibility index (Phi) is 2.68. The number of hydrogen-bond donors (Lipinski definition) is 0. The van der Waals surface area contributed by atoms with Gasteiger partial charge in [-0.3, -0.25) is 4.98 Å². The minimum Gasteiger partial charge on any atom is -0.264 e. The molecule has 0 amide bonds. The topological polar surface area (TPSA) is 21.7 Å². The molecule has 0 aliphatic carbocycles. The highest BCUT2D eigenvalue weighted by Crippen LogP contribution is 2.51. The number of hydrogen-bond acceptors (Lipinski definition) is 1. The van der Waals surface area contributed by atoms with Gasteiger partial charge in [0.1, 0.15) is 17.4 Å². The predicted octanol–water partition coefficient (Wildman–Crippen LogP) is 3.51. The number of aromatic nitrogens is 3. The van der Waals surface area contributed by atoms with Crippen molar-refractivity contribution < 1.29 is 4.57 Å². The molecular formula is C19H26N3+. The van der Waals surface area contributed by atoms with E-state index in [1.165, 1.54) is 28.2 Å². The van der Waals surface area contributed by atoms with Crippen LogP contribution in [-0.4, -0.2) is 9.55 Å². The van der Waals surface area contributed by atoms with Crippen molar-refractivity contribution in [1.29, 1.82) is 0 Å². The lowest BCUT2D eigenvalue weighted by Crippen LogP contribution is -2.67. The minimum absolute atomic E-state index is 0.0950. The number of pyridine rings is 1. The minimum atomic E-state index is 0.0950. The monoisotopic (exact) mass is 296 g/mol. The van der Waals surface area contributed by atoms with E-state index in [2.05, 4.69) is 67.3 Å². The van der Waals surface area contributed by atoms with Crippen molar-refractivity contribution in [2.45, 2.75) is 71.4 Å². The first-order chi connectivity index (χ1) is 10.5. The lowest BCUT2D eigenvalue weighted by Gasteiger charge is -2.48. The Labute approximate surface area is 133 Å². The van der Waals surface area contributed by atoms with Gasteiger partial charge in [0.05, 0.1) is 12.1 Å². The molecule has 2 aromatic heterocycles. The average molecular weight is 296 g/mol. The van der Waals surface area contributed by atoms with E-state index in [1.54, 1.807) is 0 Å². The molecule has 0 saturated heterocycles. The fourth-order valence-electron chi connectivity index (χ4n) is 4.82. The van der Waals surface area contributed by atoms with Crippen molar-refractivity contribution >= 4 is 0 Å². The molecule has 4 heterocycles. The van der Waals surface area contributed by atoms with E-state index in [0.717, 1.165) is 25.8 Å². The lowest BCUT2D eigenvalue weighted by molar-refractivity contribution is -0.764. The zero-order valence-electron chi connectivity index (χ0n) is 14.4. The third kappa shape index (κ3) is 1.34. The highest BCUT2D eigenvalue weighted by molar-refractivity contribution is 5.68. The van der Waals surface area contributed by atoms with E-state index in [9.17, 15) is 0 Å². The van der Waals surface area contributed by atoms with E-state index in [4.69, 9.17) is 0 Å². The fraction of sp³-hybridized carbons (Fsp3) is 0.579. The van der Waals surface area contributed by atoms with E-state index in [-0.39, 0.29) is 11.0 Å². The molecular weight excluding hydrogens is 270 g/mol. The summed E-state index contributed by atoms with van der Waals surface area (Å²) in [7, 11) is 0. The molecule has 0 bridgehead atoms. The molecule has 2 aromatic rings. The van der Waals surface area contributed by atoms with Crippen molar-refractivity contribution in [1.82, 2.24) is 9.55 Å². The molecule has 2 aliphatic rings. The summed E-state index contributed by atoms with van der Waals surface area (Å²) >= 11 is 0. The molecule has 0 N–H and O–H groups in total. The molecule has 3 heteroatoms. The van der Waals surface area contributed by atoms with Crippen LogP contribution in [0.3, 0.4) is 0 Å². The van der Waals surface area contributed by atoms with Gasteiger partial charge in [0.15, 0.2) is 0 Å². The summed E-state index contributed by atoms with van der Waals surface area (Å²) in [5.41, 5.74) is 5.93. The number of rotatable bonds is 2. The van der Waals surface area contributed by atoms with Crippen LogP contribution in [0.2, 0.25) is 0 Å². The van der Waals surface area contributed by atoms with Gasteiger partial charge in [-0.1, -0.05) is 20.8 Å². The molecule has 0 fully saturated rings. The zero-order chi connectivity index (χ0) is 15.7. The van der Waals surface area contributed by atoms with Crippen LogP contribution in [0.1, 0.15) is 57.4 Å². The third-order valence-corrected chi connectivity index (χ3v) is 6.79. The highest BCUT2D eigenvalue weighted by atomic mass is 15.2. The second-order valence-electron chi connectivity index (χ2n) is 7.40. The summed E-state index contributed by atoms with van der Waals surface area (Å²) in [6.07, 6.45) is 9.96. The van der Waals surface area contributed by atoms with Gasteiger partial charge in [-0.15, -0.1) is 0 Å². The van der Waals surface area contributed by atoms with Gasteiger partial charge < -0.3 is 0 Å². The van der Waals surface area contributed by atoms with E-state index in [1.807, 2.05) is 0 Å². The number of nitrogens with zero attached hydrogens (tertiary/aromatic N) is 3. The summed E-state index contributed by atoms with van der Waals surface area (Å²) < 4.78 is 5.09. The van der Waals surface area contributed by atoms with Gasteiger partial charge in [0, 0.05) is 31.2 Å². The second-order valence-corrected chi connectivity index (χ2v) is 7.40. The Hall–Kier alpha value is -1.64. The van der Waals surface area contributed by atoms with Gasteiger partial charge in [-0.2, -0.15) is 0 Å². The van der Waals surface area contributed by atoms with E-state index in [0.29, 0.717) is 0 Å². The van der Waals surface area contributed by atoms with Crippen LogP contribution in [0.25, 0.3) is 11.4 Å². The molecule has 2 unspecified atom stereocenters. The van der Waals surface area contributed by atoms with Crippen LogP contribution >= 0.6 is 0 Å².